The van der Waals surface area contributed by atoms with Gasteiger partial charge in [0.05, 0.1) is 11.9 Å². The van der Waals surface area contributed by atoms with Crippen molar-refractivity contribution in [2.45, 2.75) is 52.5 Å². The zero-order chi connectivity index (χ0) is 26.7. The van der Waals surface area contributed by atoms with Crippen LogP contribution in [0.1, 0.15) is 56.0 Å². The van der Waals surface area contributed by atoms with E-state index in [0.29, 0.717) is 24.9 Å². The lowest BCUT2D eigenvalue weighted by molar-refractivity contribution is -0.139. The molecule has 0 bridgehead atoms. The molecule has 2 aromatic rings. The van der Waals surface area contributed by atoms with E-state index in [9.17, 15) is 22.8 Å². The summed E-state index contributed by atoms with van der Waals surface area (Å²) in [5.74, 6) is -0.949. The van der Waals surface area contributed by atoms with Crippen molar-refractivity contribution in [3.05, 3.63) is 65.7 Å². The normalized spacial score (nSPS) is 12.0. The van der Waals surface area contributed by atoms with E-state index < -0.39 is 28.5 Å². The van der Waals surface area contributed by atoms with Crippen LogP contribution in [-0.4, -0.2) is 62.8 Å². The summed E-state index contributed by atoms with van der Waals surface area (Å²) in [6.45, 7) is 5.54. The van der Waals surface area contributed by atoms with E-state index >= 15 is 0 Å². The van der Waals surface area contributed by atoms with E-state index in [1.54, 1.807) is 18.2 Å². The van der Waals surface area contributed by atoms with Gasteiger partial charge < -0.3 is 10.2 Å². The average Bonchev–Trinajstić information content (AvgIpc) is 2.85. The fraction of sp³-hybridized carbons (Fsp3) is 0.444. The number of nitrogens with one attached hydrogen (secondary N) is 1. The lowest BCUT2D eigenvalue weighted by atomic mass is 10.1. The lowest BCUT2D eigenvalue weighted by Crippen LogP contribution is -2.53. The molecule has 0 spiro atoms. The van der Waals surface area contributed by atoms with Crippen LogP contribution in [0.3, 0.4) is 0 Å². The molecule has 0 unspecified atom stereocenters. The number of rotatable bonds is 14. The van der Waals surface area contributed by atoms with Gasteiger partial charge in [0.1, 0.15) is 12.6 Å². The molecule has 0 aliphatic carbocycles. The number of amides is 2. The summed E-state index contributed by atoms with van der Waals surface area (Å²) in [5.41, 5.74) is 1.57. The van der Waals surface area contributed by atoms with Crippen molar-refractivity contribution in [1.29, 1.82) is 0 Å². The first-order valence-corrected chi connectivity index (χ1v) is 14.1. The van der Waals surface area contributed by atoms with Gasteiger partial charge in [0.15, 0.2) is 5.78 Å². The molecule has 0 aromatic heterocycles. The Kier molecular flexibility index (Phi) is 11.1. The number of nitrogens with zero attached hydrogens (tertiary/aromatic N) is 2. The lowest BCUT2D eigenvalue weighted by Gasteiger charge is -2.33. The van der Waals surface area contributed by atoms with Crippen molar-refractivity contribution in [2.75, 3.05) is 30.2 Å². The third kappa shape index (κ3) is 8.48. The van der Waals surface area contributed by atoms with E-state index in [2.05, 4.69) is 5.32 Å². The maximum atomic E-state index is 13.6. The molecule has 9 heteroatoms. The Labute approximate surface area is 214 Å². The number of ketones is 1. The number of Topliss-reactive ketones (excluding diaryl/α,β-unsaturated/α-hetero) is 1. The minimum atomic E-state index is -3.85. The summed E-state index contributed by atoms with van der Waals surface area (Å²) < 4.78 is 26.4. The highest BCUT2D eigenvalue weighted by molar-refractivity contribution is 7.92. The summed E-state index contributed by atoms with van der Waals surface area (Å²) >= 11 is 0. The molecule has 36 heavy (non-hydrogen) atoms. The van der Waals surface area contributed by atoms with Crippen LogP contribution in [0.5, 0.6) is 0 Å². The second-order valence-electron chi connectivity index (χ2n) is 8.77. The molecule has 0 heterocycles. The molecule has 0 saturated carbocycles. The number of unbranched alkanes of at least 4 members (excludes halogenated alkanes) is 1. The van der Waals surface area contributed by atoms with Crippen molar-refractivity contribution in [3.63, 3.8) is 0 Å². The molecule has 2 amide bonds. The number of anilines is 1. The number of carbonyl (C=O) groups is 3. The Morgan fingerprint density at radius 2 is 1.69 bits per heavy atom. The van der Waals surface area contributed by atoms with E-state index in [1.807, 2.05) is 44.2 Å². The largest absolute Gasteiger partial charge is 0.354 e. The number of hydrogen-bond donors (Lipinski definition) is 1. The molecule has 1 N–H and O–H groups in total. The van der Waals surface area contributed by atoms with Gasteiger partial charge in [-0.15, -0.1) is 0 Å². The number of benzene rings is 2. The van der Waals surface area contributed by atoms with Gasteiger partial charge in [-0.25, -0.2) is 8.42 Å². The van der Waals surface area contributed by atoms with Gasteiger partial charge in [0.2, 0.25) is 21.8 Å². The van der Waals surface area contributed by atoms with Crippen LogP contribution < -0.4 is 9.62 Å². The smallest absolute Gasteiger partial charge is 0.244 e. The van der Waals surface area contributed by atoms with Gasteiger partial charge in [-0.05, 0) is 43.9 Å². The number of sulfonamides is 1. The van der Waals surface area contributed by atoms with Crippen LogP contribution in [0.15, 0.2) is 54.6 Å². The number of hydrogen-bond acceptors (Lipinski definition) is 5. The Bertz CT molecular complexity index is 1140. The Morgan fingerprint density at radius 1 is 1.00 bits per heavy atom. The van der Waals surface area contributed by atoms with Crippen molar-refractivity contribution in [2.24, 2.45) is 0 Å². The average molecular weight is 516 g/mol. The summed E-state index contributed by atoms with van der Waals surface area (Å²) in [6.07, 6.45) is 3.68. The molecule has 2 rings (SSSR count). The first-order chi connectivity index (χ1) is 17.1. The van der Waals surface area contributed by atoms with Gasteiger partial charge in [-0.2, -0.15) is 0 Å². The Balaban J connectivity index is 2.37. The van der Waals surface area contributed by atoms with E-state index in [0.717, 1.165) is 29.0 Å². The Morgan fingerprint density at radius 3 is 2.28 bits per heavy atom. The Hall–Kier alpha value is -3.20. The summed E-state index contributed by atoms with van der Waals surface area (Å²) in [4.78, 5) is 39.9. The molecular formula is C27H37N3O5S. The summed E-state index contributed by atoms with van der Waals surface area (Å²) in [5, 5.41) is 2.90. The van der Waals surface area contributed by atoms with Crippen molar-refractivity contribution < 1.29 is 22.8 Å². The standard InChI is InChI=1S/C27H37N3O5S/c1-5-7-17-28-27(33)25(6-2)29(18-16-22-12-9-8-10-13-22)26(32)20-30(36(4,34)35)24-15-11-14-23(19-24)21(3)31/h8-15,19,25H,5-7,16-18,20H2,1-4H3,(H,28,33)/t25-/m0/s1. The monoisotopic (exact) mass is 515 g/mol. The first-order valence-electron chi connectivity index (χ1n) is 12.3. The van der Waals surface area contributed by atoms with Gasteiger partial charge in [-0.1, -0.05) is 62.7 Å². The zero-order valence-corrected chi connectivity index (χ0v) is 22.4. The van der Waals surface area contributed by atoms with Gasteiger partial charge >= 0.3 is 0 Å². The topological polar surface area (TPSA) is 104 Å². The minimum absolute atomic E-state index is 0.212. The highest BCUT2D eigenvalue weighted by atomic mass is 32.2. The van der Waals surface area contributed by atoms with Crippen LogP contribution in [0, 0.1) is 0 Å². The summed E-state index contributed by atoms with van der Waals surface area (Å²) in [6, 6.07) is 15.1. The summed E-state index contributed by atoms with van der Waals surface area (Å²) in [7, 11) is -3.85. The SMILES string of the molecule is CCCCNC(=O)[C@H](CC)N(CCc1ccccc1)C(=O)CN(c1cccc(C(C)=O)c1)S(C)(=O)=O. The molecule has 196 valence electrons. The molecule has 8 nitrogen and oxygen atoms in total. The zero-order valence-electron chi connectivity index (χ0n) is 21.6. The van der Waals surface area contributed by atoms with Crippen LogP contribution in [0.2, 0.25) is 0 Å². The van der Waals surface area contributed by atoms with E-state index in [1.165, 1.54) is 17.9 Å². The molecule has 0 fully saturated rings. The predicted octanol–water partition coefficient (Wildman–Crippen LogP) is 3.42. The third-order valence-electron chi connectivity index (χ3n) is 5.92. The van der Waals surface area contributed by atoms with Crippen LogP contribution in [-0.2, 0) is 26.0 Å². The minimum Gasteiger partial charge on any atom is -0.354 e. The van der Waals surface area contributed by atoms with Gasteiger partial charge in [-0.3, -0.25) is 18.7 Å². The fourth-order valence-electron chi connectivity index (χ4n) is 3.90. The molecule has 1 atom stereocenters. The van der Waals surface area contributed by atoms with Crippen LogP contribution >= 0.6 is 0 Å². The molecule has 0 radical (unpaired) electrons. The number of carbonyl (C=O) groups excluding carboxylic acids is 3. The van der Waals surface area contributed by atoms with Crippen molar-refractivity contribution >= 4 is 33.3 Å². The maximum absolute atomic E-state index is 13.6. The van der Waals surface area contributed by atoms with Crippen LogP contribution in [0.4, 0.5) is 5.69 Å². The van der Waals surface area contributed by atoms with Crippen molar-refractivity contribution in [3.8, 4) is 0 Å². The molecule has 0 aliphatic heterocycles. The van der Waals surface area contributed by atoms with E-state index in [-0.39, 0.29) is 23.9 Å². The second-order valence-corrected chi connectivity index (χ2v) is 10.7. The molecule has 0 saturated heterocycles. The highest BCUT2D eigenvalue weighted by Crippen LogP contribution is 2.21. The van der Waals surface area contributed by atoms with Gasteiger partial charge in [0, 0.05) is 18.7 Å². The first kappa shape index (κ1) is 29.0. The second kappa shape index (κ2) is 13.8. The third-order valence-corrected chi connectivity index (χ3v) is 7.06. The van der Waals surface area contributed by atoms with E-state index in [4.69, 9.17) is 0 Å². The predicted molar refractivity (Wildman–Crippen MR) is 142 cm³/mol. The molecular weight excluding hydrogens is 478 g/mol. The maximum Gasteiger partial charge on any atom is 0.244 e. The quantitative estimate of drug-likeness (QED) is 0.307. The molecule has 2 aromatic carbocycles. The molecule has 0 aliphatic rings. The van der Waals surface area contributed by atoms with Crippen LogP contribution in [0.25, 0.3) is 0 Å². The van der Waals surface area contributed by atoms with Crippen molar-refractivity contribution in [1.82, 2.24) is 10.2 Å². The van der Waals surface area contributed by atoms with Gasteiger partial charge in [0.25, 0.3) is 0 Å². The highest BCUT2D eigenvalue weighted by Gasteiger charge is 2.31. The fourth-order valence-corrected chi connectivity index (χ4v) is 4.74.